The van der Waals surface area contributed by atoms with Crippen LogP contribution in [0.2, 0.25) is 0 Å². The minimum absolute atomic E-state index is 0.0913. The lowest BCUT2D eigenvalue weighted by molar-refractivity contribution is -0.0174. The Morgan fingerprint density at radius 2 is 1.34 bits per heavy atom. The number of benzene rings is 3. The zero-order chi connectivity index (χ0) is 39.8. The molecule has 1 aliphatic rings. The standard InChI is InChI=1S/C40H49FN2O12S/c1-42-39(44)37-35-25-34(29-6-7-29)32(24-36(35)55-38(37)30-8-10-33(41)11-9-30)27-56(47,48)43-12-13-49-14-15-50-16-17-51-18-19-52-20-21-53-22-23-54-26-28-2-4-31(5-3-28)40(45)46/h2-5,8-11,24-25,29,43H,6-7,12-23,26-27H2,1H3,(H,42,44)(H,45,46). The molecule has 1 aliphatic carbocycles. The Morgan fingerprint density at radius 1 is 0.786 bits per heavy atom. The molecule has 0 saturated heterocycles. The van der Waals surface area contributed by atoms with Gasteiger partial charge in [-0.3, -0.25) is 4.79 Å². The molecule has 304 valence electrons. The number of carboxylic acids is 1. The molecule has 0 radical (unpaired) electrons. The van der Waals surface area contributed by atoms with E-state index in [9.17, 15) is 22.4 Å². The topological polar surface area (TPSA) is 181 Å². The van der Waals surface area contributed by atoms with E-state index in [1.54, 1.807) is 30.3 Å². The van der Waals surface area contributed by atoms with Crippen molar-refractivity contribution < 1.29 is 60.3 Å². The summed E-state index contributed by atoms with van der Waals surface area (Å²) in [6.07, 6.45) is 1.85. The van der Waals surface area contributed by atoms with Gasteiger partial charge in [0.2, 0.25) is 10.0 Å². The van der Waals surface area contributed by atoms with Gasteiger partial charge in [0.25, 0.3) is 5.91 Å². The molecular weight excluding hydrogens is 752 g/mol. The van der Waals surface area contributed by atoms with Crippen molar-refractivity contribution in [2.24, 2.45) is 0 Å². The third-order valence-corrected chi connectivity index (χ3v) is 10.1. The van der Waals surface area contributed by atoms with Gasteiger partial charge in [0.05, 0.1) is 96.2 Å². The van der Waals surface area contributed by atoms with E-state index in [1.165, 1.54) is 31.3 Å². The zero-order valence-electron chi connectivity index (χ0n) is 31.4. The monoisotopic (exact) mass is 800 g/mol. The Kier molecular flexibility index (Phi) is 16.8. The van der Waals surface area contributed by atoms with Crippen molar-refractivity contribution in [2.45, 2.75) is 31.1 Å². The fourth-order valence-corrected chi connectivity index (χ4v) is 6.97. The maximum absolute atomic E-state index is 13.6. The number of furan rings is 1. The first-order valence-corrected chi connectivity index (χ1v) is 20.1. The molecule has 0 atom stereocenters. The van der Waals surface area contributed by atoms with Crippen LogP contribution >= 0.6 is 0 Å². The molecule has 5 rings (SSSR count). The van der Waals surface area contributed by atoms with Crippen LogP contribution in [0.4, 0.5) is 4.39 Å². The zero-order valence-corrected chi connectivity index (χ0v) is 32.2. The molecule has 1 fully saturated rings. The van der Waals surface area contributed by atoms with Crippen molar-refractivity contribution in [3.8, 4) is 11.3 Å². The first kappa shape index (κ1) is 42.9. The van der Waals surface area contributed by atoms with Crippen molar-refractivity contribution in [1.29, 1.82) is 0 Å². The SMILES string of the molecule is CNC(=O)c1c(-c2ccc(F)cc2)oc2cc(CS(=O)(=O)NCCOCCOCCOCCOCCOCCOCc3ccc(C(=O)O)cc3)c(C3CC3)cc12. The molecule has 14 nitrogen and oxygen atoms in total. The highest BCUT2D eigenvalue weighted by molar-refractivity contribution is 7.88. The molecule has 0 spiro atoms. The number of rotatable bonds is 27. The quantitative estimate of drug-likeness (QED) is 0.0696. The van der Waals surface area contributed by atoms with Crippen LogP contribution in [0, 0.1) is 5.82 Å². The van der Waals surface area contributed by atoms with Crippen LogP contribution < -0.4 is 10.0 Å². The Balaban J connectivity index is 0.898. The number of nitrogens with one attached hydrogen (secondary N) is 2. The van der Waals surface area contributed by atoms with Crippen molar-refractivity contribution in [1.82, 2.24) is 10.0 Å². The summed E-state index contributed by atoms with van der Waals surface area (Å²) < 4.78 is 81.5. The molecule has 56 heavy (non-hydrogen) atoms. The maximum Gasteiger partial charge on any atom is 0.335 e. The number of halogens is 1. The van der Waals surface area contributed by atoms with Crippen molar-refractivity contribution in [3.05, 3.63) is 94.3 Å². The number of hydrogen-bond acceptors (Lipinski definition) is 11. The van der Waals surface area contributed by atoms with Crippen LogP contribution in [-0.4, -0.2) is 112 Å². The number of carboxylic acid groups (broad SMARTS) is 1. The van der Waals surface area contributed by atoms with Crippen molar-refractivity contribution >= 4 is 32.9 Å². The number of ether oxygens (including phenoxy) is 6. The molecule has 3 N–H and O–H groups in total. The first-order chi connectivity index (χ1) is 27.1. The van der Waals surface area contributed by atoms with Crippen LogP contribution in [0.3, 0.4) is 0 Å². The van der Waals surface area contributed by atoms with Gasteiger partial charge in [0.15, 0.2) is 0 Å². The van der Waals surface area contributed by atoms with Crippen molar-refractivity contribution in [3.63, 3.8) is 0 Å². The van der Waals surface area contributed by atoms with E-state index in [4.69, 9.17) is 37.9 Å². The third kappa shape index (κ3) is 13.4. The van der Waals surface area contributed by atoms with E-state index < -0.39 is 21.8 Å². The van der Waals surface area contributed by atoms with Gasteiger partial charge in [-0.25, -0.2) is 22.3 Å². The molecule has 1 aromatic heterocycles. The molecule has 1 saturated carbocycles. The largest absolute Gasteiger partial charge is 0.478 e. The van der Waals surface area contributed by atoms with Crippen LogP contribution in [0.25, 0.3) is 22.3 Å². The molecular formula is C40H49FN2O12S. The lowest BCUT2D eigenvalue weighted by atomic mass is 9.98. The van der Waals surface area contributed by atoms with Gasteiger partial charge in [-0.1, -0.05) is 12.1 Å². The Morgan fingerprint density at radius 3 is 1.88 bits per heavy atom. The molecule has 16 heteroatoms. The number of fused-ring (bicyclic) bond motifs is 1. The summed E-state index contributed by atoms with van der Waals surface area (Å²) in [5, 5.41) is 12.2. The lowest BCUT2D eigenvalue weighted by Gasteiger charge is -2.12. The average molecular weight is 801 g/mol. The number of aromatic carboxylic acids is 1. The fraction of sp³-hybridized carbons (Fsp3) is 0.450. The summed E-state index contributed by atoms with van der Waals surface area (Å²) in [5.74, 6) is -1.50. The Hall–Kier alpha value is -4.26. The van der Waals surface area contributed by atoms with Gasteiger partial charge in [0.1, 0.15) is 17.2 Å². The molecule has 1 amide bonds. The van der Waals surface area contributed by atoms with Crippen LogP contribution in [0.15, 0.2) is 65.1 Å². The maximum atomic E-state index is 13.6. The number of amides is 1. The van der Waals surface area contributed by atoms with Gasteiger partial charge < -0.3 is 43.3 Å². The fourth-order valence-electron chi connectivity index (χ4n) is 5.81. The van der Waals surface area contributed by atoms with Crippen molar-refractivity contribution in [2.75, 3.05) is 86.3 Å². The predicted octanol–water partition coefficient (Wildman–Crippen LogP) is 4.89. The van der Waals surface area contributed by atoms with E-state index in [0.717, 1.165) is 24.0 Å². The molecule has 0 aliphatic heterocycles. The van der Waals surface area contributed by atoms with E-state index >= 15 is 0 Å². The predicted molar refractivity (Wildman–Crippen MR) is 205 cm³/mol. The van der Waals surface area contributed by atoms with Crippen LogP contribution in [-0.2, 0) is 50.8 Å². The number of hydrogen-bond donors (Lipinski definition) is 3. The van der Waals surface area contributed by atoms with E-state index in [2.05, 4.69) is 10.0 Å². The summed E-state index contributed by atoms with van der Waals surface area (Å²) in [5.41, 5.74) is 3.83. The highest BCUT2D eigenvalue weighted by atomic mass is 32.2. The normalized spacial score (nSPS) is 13.0. The van der Waals surface area contributed by atoms with Gasteiger partial charge >= 0.3 is 5.97 Å². The Labute approximate surface area is 325 Å². The molecule has 3 aromatic carbocycles. The summed E-state index contributed by atoms with van der Waals surface area (Å²) in [7, 11) is -2.20. The molecule has 1 heterocycles. The number of carbonyl (C=O) groups excluding carboxylic acids is 1. The number of sulfonamides is 1. The van der Waals surface area contributed by atoms with E-state index in [-0.39, 0.29) is 36.3 Å². The van der Waals surface area contributed by atoms with E-state index in [0.29, 0.717) is 106 Å². The summed E-state index contributed by atoms with van der Waals surface area (Å²) in [6.45, 7) is 4.54. The second kappa shape index (κ2) is 21.9. The first-order valence-electron chi connectivity index (χ1n) is 18.5. The second-order valence-electron chi connectivity index (χ2n) is 13.0. The average Bonchev–Trinajstić information content (AvgIpc) is 3.97. The van der Waals surface area contributed by atoms with Gasteiger partial charge in [-0.2, -0.15) is 0 Å². The van der Waals surface area contributed by atoms with Gasteiger partial charge in [-0.05, 0) is 84.0 Å². The van der Waals surface area contributed by atoms with Gasteiger partial charge in [0, 0.05) is 24.5 Å². The molecule has 0 unspecified atom stereocenters. The molecule has 4 aromatic rings. The number of carbonyl (C=O) groups is 2. The Bertz CT molecular complexity index is 1970. The summed E-state index contributed by atoms with van der Waals surface area (Å²) in [4.78, 5) is 23.8. The third-order valence-electron chi connectivity index (χ3n) is 8.77. The lowest BCUT2D eigenvalue weighted by Crippen LogP contribution is -2.29. The summed E-state index contributed by atoms with van der Waals surface area (Å²) in [6, 6.07) is 15.7. The summed E-state index contributed by atoms with van der Waals surface area (Å²) >= 11 is 0. The second-order valence-corrected chi connectivity index (χ2v) is 14.8. The smallest absolute Gasteiger partial charge is 0.335 e. The van der Waals surface area contributed by atoms with Crippen LogP contribution in [0.5, 0.6) is 0 Å². The van der Waals surface area contributed by atoms with Gasteiger partial charge in [-0.15, -0.1) is 0 Å². The molecule has 0 bridgehead atoms. The van der Waals surface area contributed by atoms with Crippen LogP contribution in [0.1, 0.15) is 56.2 Å². The van der Waals surface area contributed by atoms with E-state index in [1.807, 2.05) is 6.07 Å². The minimum Gasteiger partial charge on any atom is -0.478 e. The minimum atomic E-state index is -3.72. The highest BCUT2D eigenvalue weighted by Gasteiger charge is 2.31. The highest BCUT2D eigenvalue weighted by Crippen LogP contribution is 2.45.